The van der Waals surface area contributed by atoms with Gasteiger partial charge < -0.3 is 23.7 Å². The van der Waals surface area contributed by atoms with Crippen LogP contribution in [0.4, 0.5) is 5.88 Å². The first-order chi connectivity index (χ1) is 15.6. The lowest BCUT2D eigenvalue weighted by Gasteiger charge is -2.34. The number of hydrogen-bond acceptors (Lipinski definition) is 7. The number of piperazine rings is 1. The van der Waals surface area contributed by atoms with Crippen LogP contribution in [0.1, 0.15) is 23.0 Å². The third-order valence-corrected chi connectivity index (χ3v) is 5.32. The molecule has 1 saturated heterocycles. The van der Waals surface area contributed by atoms with Crippen molar-refractivity contribution in [2.45, 2.75) is 6.92 Å². The molecule has 32 heavy (non-hydrogen) atoms. The molecule has 0 aliphatic carbocycles. The molecular formula is C24H24N4O4. The summed E-state index contributed by atoms with van der Waals surface area (Å²) in [6.07, 6.45) is 0. The number of benzene rings is 2. The van der Waals surface area contributed by atoms with Crippen LogP contribution in [0, 0.1) is 11.3 Å². The first kappa shape index (κ1) is 21.2. The molecule has 2 heterocycles. The van der Waals surface area contributed by atoms with E-state index in [0.717, 1.165) is 11.3 Å². The van der Waals surface area contributed by atoms with Gasteiger partial charge in [-0.25, -0.2) is 0 Å². The van der Waals surface area contributed by atoms with Crippen LogP contribution < -0.4 is 14.4 Å². The Hall–Kier alpha value is -3.99. The summed E-state index contributed by atoms with van der Waals surface area (Å²) in [4.78, 5) is 20.9. The summed E-state index contributed by atoms with van der Waals surface area (Å²) in [6.45, 7) is 4.67. The van der Waals surface area contributed by atoms with E-state index >= 15 is 0 Å². The van der Waals surface area contributed by atoms with Crippen molar-refractivity contribution in [1.29, 1.82) is 5.26 Å². The summed E-state index contributed by atoms with van der Waals surface area (Å²) in [5.74, 6) is 2.27. The Morgan fingerprint density at radius 1 is 1.06 bits per heavy atom. The maximum atomic E-state index is 12.8. The van der Waals surface area contributed by atoms with Gasteiger partial charge in [-0.1, -0.05) is 0 Å². The molecule has 8 heteroatoms. The average Bonchev–Trinajstić information content (AvgIpc) is 3.29. The number of carbonyl (C=O) groups is 1. The van der Waals surface area contributed by atoms with Gasteiger partial charge in [0.25, 0.3) is 5.91 Å². The van der Waals surface area contributed by atoms with Crippen molar-refractivity contribution in [1.82, 2.24) is 9.88 Å². The molecule has 1 fully saturated rings. The van der Waals surface area contributed by atoms with E-state index in [2.05, 4.69) is 11.1 Å². The second-order valence-electron chi connectivity index (χ2n) is 7.25. The molecule has 1 aliphatic heterocycles. The molecule has 1 aliphatic rings. The van der Waals surface area contributed by atoms with Gasteiger partial charge in [-0.2, -0.15) is 10.2 Å². The van der Waals surface area contributed by atoms with E-state index in [4.69, 9.17) is 13.9 Å². The van der Waals surface area contributed by atoms with Crippen LogP contribution in [0.15, 0.2) is 52.9 Å². The number of amides is 1. The number of rotatable bonds is 6. The van der Waals surface area contributed by atoms with Crippen LogP contribution in [0.2, 0.25) is 0 Å². The zero-order chi connectivity index (χ0) is 22.5. The fourth-order valence-electron chi connectivity index (χ4n) is 3.61. The third kappa shape index (κ3) is 4.37. The molecule has 0 N–H and O–H groups in total. The standard InChI is InChI=1S/C24H24N4O4/c1-3-31-20-10-4-17(5-11-20)22-26-21(16-25)24(32-22)28-14-12-27(13-15-28)23(29)18-6-8-19(30-2)9-7-18/h4-11H,3,12-15H2,1-2H3. The zero-order valence-electron chi connectivity index (χ0n) is 18.1. The summed E-state index contributed by atoms with van der Waals surface area (Å²) in [5, 5.41) is 9.56. The Bertz CT molecular complexity index is 1110. The minimum atomic E-state index is -0.0274. The molecule has 3 aromatic rings. The van der Waals surface area contributed by atoms with Crippen LogP contribution in [0.5, 0.6) is 11.5 Å². The summed E-state index contributed by atoms with van der Waals surface area (Å²) in [6, 6.07) is 16.6. The van der Waals surface area contributed by atoms with Crippen molar-refractivity contribution < 1.29 is 18.7 Å². The van der Waals surface area contributed by atoms with Gasteiger partial charge in [0.1, 0.15) is 17.6 Å². The number of methoxy groups -OCH3 is 1. The Labute approximate surface area is 186 Å². The number of carbonyl (C=O) groups excluding carboxylic acids is 1. The van der Waals surface area contributed by atoms with Gasteiger partial charge in [0, 0.05) is 37.3 Å². The number of hydrogen-bond donors (Lipinski definition) is 0. The highest BCUT2D eigenvalue weighted by Crippen LogP contribution is 2.30. The Morgan fingerprint density at radius 3 is 2.31 bits per heavy atom. The summed E-state index contributed by atoms with van der Waals surface area (Å²) in [7, 11) is 1.59. The SMILES string of the molecule is CCOc1ccc(-c2nc(C#N)c(N3CCN(C(=O)c4ccc(OC)cc4)CC3)o2)cc1. The van der Waals surface area contributed by atoms with Gasteiger partial charge in [-0.05, 0) is 55.5 Å². The van der Waals surface area contributed by atoms with E-state index in [1.54, 1.807) is 36.3 Å². The Balaban J connectivity index is 1.45. The lowest BCUT2D eigenvalue weighted by Crippen LogP contribution is -2.48. The van der Waals surface area contributed by atoms with Gasteiger partial charge in [-0.15, -0.1) is 0 Å². The molecule has 0 unspecified atom stereocenters. The smallest absolute Gasteiger partial charge is 0.253 e. The molecule has 0 saturated carbocycles. The first-order valence-electron chi connectivity index (χ1n) is 10.5. The molecule has 1 amide bonds. The largest absolute Gasteiger partial charge is 0.497 e. The molecule has 0 spiro atoms. The van der Waals surface area contributed by atoms with Crippen molar-refractivity contribution in [2.24, 2.45) is 0 Å². The van der Waals surface area contributed by atoms with Crippen molar-refractivity contribution in [3.8, 4) is 29.0 Å². The van der Waals surface area contributed by atoms with Gasteiger partial charge in [0.05, 0.1) is 13.7 Å². The quantitative estimate of drug-likeness (QED) is 0.588. The monoisotopic (exact) mass is 432 g/mol. The van der Waals surface area contributed by atoms with E-state index < -0.39 is 0 Å². The van der Waals surface area contributed by atoms with E-state index in [9.17, 15) is 10.1 Å². The molecule has 0 atom stereocenters. The number of ether oxygens (including phenoxy) is 2. The maximum Gasteiger partial charge on any atom is 0.253 e. The van der Waals surface area contributed by atoms with Gasteiger partial charge in [0.2, 0.25) is 17.5 Å². The van der Waals surface area contributed by atoms with Crippen LogP contribution in [0.25, 0.3) is 11.5 Å². The molecule has 164 valence electrons. The molecular weight excluding hydrogens is 408 g/mol. The Morgan fingerprint density at radius 2 is 1.72 bits per heavy atom. The summed E-state index contributed by atoms with van der Waals surface area (Å²) < 4.78 is 16.6. The second-order valence-corrected chi connectivity index (χ2v) is 7.25. The number of aromatic nitrogens is 1. The lowest BCUT2D eigenvalue weighted by molar-refractivity contribution is 0.0745. The molecule has 2 aromatic carbocycles. The first-order valence-corrected chi connectivity index (χ1v) is 10.5. The van der Waals surface area contributed by atoms with Crippen molar-refractivity contribution >= 4 is 11.8 Å². The third-order valence-electron chi connectivity index (χ3n) is 5.32. The van der Waals surface area contributed by atoms with Crippen molar-refractivity contribution in [3.05, 3.63) is 59.8 Å². The zero-order valence-corrected chi connectivity index (χ0v) is 18.1. The summed E-state index contributed by atoms with van der Waals surface area (Å²) in [5.41, 5.74) is 1.63. The van der Waals surface area contributed by atoms with E-state index in [-0.39, 0.29) is 11.6 Å². The second kappa shape index (κ2) is 9.43. The van der Waals surface area contributed by atoms with Gasteiger partial charge >= 0.3 is 0 Å². The number of nitriles is 1. The van der Waals surface area contributed by atoms with Crippen LogP contribution in [-0.2, 0) is 0 Å². The Kier molecular flexibility index (Phi) is 6.26. The normalized spacial score (nSPS) is 13.5. The van der Waals surface area contributed by atoms with Crippen molar-refractivity contribution in [3.63, 3.8) is 0 Å². The predicted molar refractivity (Wildman–Crippen MR) is 119 cm³/mol. The van der Waals surface area contributed by atoms with Crippen LogP contribution in [0.3, 0.4) is 0 Å². The maximum absolute atomic E-state index is 12.8. The number of nitrogens with zero attached hydrogens (tertiary/aromatic N) is 4. The highest BCUT2D eigenvalue weighted by Gasteiger charge is 2.27. The molecule has 8 nitrogen and oxygen atoms in total. The van der Waals surface area contributed by atoms with Crippen molar-refractivity contribution in [2.75, 3.05) is 44.8 Å². The van der Waals surface area contributed by atoms with E-state index in [0.29, 0.717) is 55.9 Å². The topological polar surface area (TPSA) is 91.8 Å². The van der Waals surface area contributed by atoms with Gasteiger partial charge in [-0.3, -0.25) is 4.79 Å². The summed E-state index contributed by atoms with van der Waals surface area (Å²) >= 11 is 0. The van der Waals surface area contributed by atoms with E-state index in [1.165, 1.54) is 0 Å². The highest BCUT2D eigenvalue weighted by atomic mass is 16.5. The van der Waals surface area contributed by atoms with Gasteiger partial charge in [0.15, 0.2) is 0 Å². The fraction of sp³-hybridized carbons (Fsp3) is 0.292. The minimum absolute atomic E-state index is 0.0274. The minimum Gasteiger partial charge on any atom is -0.497 e. The molecule has 4 rings (SSSR count). The van der Waals surface area contributed by atoms with Crippen LogP contribution in [-0.4, -0.2) is 55.7 Å². The number of oxazole rings is 1. The number of anilines is 1. The molecule has 0 radical (unpaired) electrons. The fourth-order valence-corrected chi connectivity index (χ4v) is 3.61. The lowest BCUT2D eigenvalue weighted by atomic mass is 10.1. The predicted octanol–water partition coefficient (Wildman–Crippen LogP) is 3.58. The highest BCUT2D eigenvalue weighted by molar-refractivity contribution is 5.94. The average molecular weight is 432 g/mol. The molecule has 0 bridgehead atoms. The molecule has 1 aromatic heterocycles. The van der Waals surface area contributed by atoms with E-state index in [1.807, 2.05) is 36.1 Å². The van der Waals surface area contributed by atoms with Crippen LogP contribution >= 0.6 is 0 Å².